The average molecular weight is 193 g/mol. The highest BCUT2D eigenvalue weighted by atomic mass is 16.2. The Morgan fingerprint density at radius 2 is 1.71 bits per heavy atom. The quantitative estimate of drug-likeness (QED) is 0.466. The van der Waals surface area contributed by atoms with Crippen molar-refractivity contribution in [3.05, 3.63) is 12.2 Å². The number of nitrogens with zero attached hydrogens (tertiary/aromatic N) is 2. The summed E-state index contributed by atoms with van der Waals surface area (Å²) in [5.74, 6) is -2.45. The first-order chi connectivity index (χ1) is 6.59. The van der Waals surface area contributed by atoms with Crippen LogP contribution in [-0.2, 0) is 19.2 Å². The van der Waals surface area contributed by atoms with E-state index in [0.29, 0.717) is 0 Å². The molecule has 2 rings (SSSR count). The van der Waals surface area contributed by atoms with Gasteiger partial charge in [-0.05, 0) is 0 Å². The molecule has 0 bridgehead atoms. The zero-order valence-corrected chi connectivity index (χ0v) is 6.97. The molecule has 0 aromatic rings. The van der Waals surface area contributed by atoms with E-state index < -0.39 is 29.7 Å². The maximum Gasteiger partial charge on any atom is 0.272 e. The third-order valence-corrected chi connectivity index (χ3v) is 2.04. The summed E-state index contributed by atoms with van der Waals surface area (Å²) in [5.41, 5.74) is 0. The molecule has 0 aromatic carbocycles. The monoisotopic (exact) mass is 193 g/mol. The lowest BCUT2D eigenvalue weighted by Gasteiger charge is -2.17. The van der Waals surface area contributed by atoms with Crippen LogP contribution in [0.3, 0.4) is 0 Å². The Morgan fingerprint density at radius 3 is 2.14 bits per heavy atom. The second kappa shape index (κ2) is 2.76. The molecule has 6 nitrogen and oxygen atoms in total. The van der Waals surface area contributed by atoms with Gasteiger partial charge in [-0.2, -0.15) is 5.32 Å². The van der Waals surface area contributed by atoms with Crippen molar-refractivity contribution in [2.45, 2.75) is 12.5 Å². The Morgan fingerprint density at radius 1 is 1.14 bits per heavy atom. The van der Waals surface area contributed by atoms with Crippen LogP contribution in [-0.4, -0.2) is 34.6 Å². The van der Waals surface area contributed by atoms with Gasteiger partial charge in [-0.25, -0.2) is 0 Å². The Hall–Kier alpha value is -1.98. The summed E-state index contributed by atoms with van der Waals surface area (Å²) in [6.45, 7) is 0. The Kier molecular flexibility index (Phi) is 1.70. The largest absolute Gasteiger partial charge is 0.272 e. The molecule has 1 unspecified atom stereocenters. The van der Waals surface area contributed by atoms with Crippen LogP contribution >= 0.6 is 0 Å². The molecule has 2 heterocycles. The van der Waals surface area contributed by atoms with Crippen molar-refractivity contribution in [1.29, 1.82) is 0 Å². The van der Waals surface area contributed by atoms with E-state index >= 15 is 0 Å². The molecule has 0 N–H and O–H groups in total. The van der Waals surface area contributed by atoms with E-state index in [0.717, 1.165) is 17.1 Å². The van der Waals surface area contributed by atoms with Gasteiger partial charge in [0.25, 0.3) is 23.6 Å². The van der Waals surface area contributed by atoms with Crippen molar-refractivity contribution in [3.63, 3.8) is 0 Å². The third kappa shape index (κ3) is 1.12. The standard InChI is InChI=1S/C8H5N2O4/c11-5-3-4(8(14)9-5)10-6(12)1-2-7(10)13/h1-2,4H,3H2. The molecule has 6 heteroatoms. The molecular weight excluding hydrogens is 188 g/mol. The number of carbonyl (C=O) groups excluding carboxylic acids is 4. The first-order valence-corrected chi connectivity index (χ1v) is 3.93. The minimum Gasteiger partial charge on any atom is -0.272 e. The molecule has 0 spiro atoms. The van der Waals surface area contributed by atoms with Crippen LogP contribution in [0.1, 0.15) is 6.42 Å². The van der Waals surface area contributed by atoms with Crippen molar-refractivity contribution in [1.82, 2.24) is 10.2 Å². The van der Waals surface area contributed by atoms with Gasteiger partial charge < -0.3 is 0 Å². The van der Waals surface area contributed by atoms with Crippen LogP contribution in [0.15, 0.2) is 12.2 Å². The minimum atomic E-state index is -1.03. The zero-order chi connectivity index (χ0) is 10.3. The molecule has 71 valence electrons. The van der Waals surface area contributed by atoms with E-state index in [1.54, 1.807) is 0 Å². The van der Waals surface area contributed by atoms with Gasteiger partial charge >= 0.3 is 0 Å². The highest BCUT2D eigenvalue weighted by Crippen LogP contribution is 2.16. The lowest BCUT2D eigenvalue weighted by molar-refractivity contribution is -0.144. The molecule has 14 heavy (non-hydrogen) atoms. The van der Waals surface area contributed by atoms with Crippen molar-refractivity contribution >= 4 is 23.6 Å². The first kappa shape index (κ1) is 8.61. The fraction of sp³-hybridized carbons (Fsp3) is 0.250. The van der Waals surface area contributed by atoms with E-state index in [1.165, 1.54) is 0 Å². The fourth-order valence-corrected chi connectivity index (χ4v) is 1.42. The van der Waals surface area contributed by atoms with Gasteiger partial charge in [0, 0.05) is 12.2 Å². The highest BCUT2D eigenvalue weighted by molar-refractivity contribution is 6.17. The number of rotatable bonds is 1. The summed E-state index contributed by atoms with van der Waals surface area (Å²) in [6.07, 6.45) is 1.94. The number of imide groups is 2. The topological polar surface area (TPSA) is 85.6 Å². The van der Waals surface area contributed by atoms with Crippen LogP contribution in [0.2, 0.25) is 0 Å². The van der Waals surface area contributed by atoms with Crippen LogP contribution in [0.5, 0.6) is 0 Å². The second-order valence-corrected chi connectivity index (χ2v) is 2.94. The molecule has 0 aromatic heterocycles. The normalized spacial score (nSPS) is 26.3. The molecule has 1 saturated heterocycles. The maximum atomic E-state index is 11.1. The predicted octanol–water partition coefficient (Wildman–Crippen LogP) is -1.66. The average Bonchev–Trinajstić information content (AvgIpc) is 2.57. The molecule has 1 atom stereocenters. The van der Waals surface area contributed by atoms with Crippen LogP contribution in [0, 0.1) is 0 Å². The molecule has 2 aliphatic rings. The number of carbonyl (C=O) groups is 4. The summed E-state index contributed by atoms with van der Waals surface area (Å²) >= 11 is 0. The van der Waals surface area contributed by atoms with E-state index in [4.69, 9.17) is 0 Å². The van der Waals surface area contributed by atoms with Crippen LogP contribution in [0.4, 0.5) is 0 Å². The van der Waals surface area contributed by atoms with Crippen molar-refractivity contribution in [2.24, 2.45) is 0 Å². The Balaban J connectivity index is 2.24. The summed E-state index contributed by atoms with van der Waals surface area (Å²) in [7, 11) is 0. The van der Waals surface area contributed by atoms with Gasteiger partial charge in [0.1, 0.15) is 6.04 Å². The maximum absolute atomic E-state index is 11.1. The van der Waals surface area contributed by atoms with E-state index in [1.807, 2.05) is 0 Å². The van der Waals surface area contributed by atoms with Gasteiger partial charge in [-0.1, -0.05) is 0 Å². The molecule has 2 aliphatic heterocycles. The molecule has 4 amide bonds. The highest BCUT2D eigenvalue weighted by Gasteiger charge is 2.42. The summed E-state index contributed by atoms with van der Waals surface area (Å²) < 4.78 is 0. The van der Waals surface area contributed by atoms with Gasteiger partial charge in [0.2, 0.25) is 0 Å². The summed E-state index contributed by atoms with van der Waals surface area (Å²) in [4.78, 5) is 44.9. The summed E-state index contributed by atoms with van der Waals surface area (Å²) in [6, 6.07) is -1.03. The minimum absolute atomic E-state index is 0.196. The molecular formula is C8H5N2O4. The zero-order valence-electron chi connectivity index (χ0n) is 6.97. The van der Waals surface area contributed by atoms with E-state index in [-0.39, 0.29) is 6.42 Å². The van der Waals surface area contributed by atoms with Gasteiger partial charge in [-0.15, -0.1) is 0 Å². The van der Waals surface area contributed by atoms with E-state index in [9.17, 15) is 19.2 Å². The molecule has 0 saturated carbocycles. The molecule has 1 fully saturated rings. The van der Waals surface area contributed by atoms with Crippen LogP contribution in [0.25, 0.3) is 0 Å². The lowest BCUT2D eigenvalue weighted by Crippen LogP contribution is -2.43. The van der Waals surface area contributed by atoms with Crippen LogP contribution < -0.4 is 5.32 Å². The second-order valence-electron chi connectivity index (χ2n) is 2.94. The third-order valence-electron chi connectivity index (χ3n) is 2.04. The molecule has 0 aliphatic carbocycles. The van der Waals surface area contributed by atoms with Crippen molar-refractivity contribution in [2.75, 3.05) is 0 Å². The SMILES string of the molecule is O=C1CC(N2C(=O)C=CC2=O)C(=O)[N]1. The Labute approximate surface area is 78.5 Å². The fourth-order valence-electron chi connectivity index (χ4n) is 1.42. The van der Waals surface area contributed by atoms with Gasteiger partial charge in [-0.3, -0.25) is 24.1 Å². The van der Waals surface area contributed by atoms with Gasteiger partial charge in [0.05, 0.1) is 6.42 Å². The van der Waals surface area contributed by atoms with E-state index in [2.05, 4.69) is 5.32 Å². The van der Waals surface area contributed by atoms with Gasteiger partial charge in [0.15, 0.2) is 0 Å². The molecule has 1 radical (unpaired) electrons. The van der Waals surface area contributed by atoms with Crippen molar-refractivity contribution in [3.8, 4) is 0 Å². The number of amides is 4. The van der Waals surface area contributed by atoms with Crippen molar-refractivity contribution < 1.29 is 19.2 Å². The number of hydrogen-bond acceptors (Lipinski definition) is 4. The smallest absolute Gasteiger partial charge is 0.272 e. The first-order valence-electron chi connectivity index (χ1n) is 3.93. The Bertz CT molecular complexity index is 367. The predicted molar refractivity (Wildman–Crippen MR) is 41.5 cm³/mol. The summed E-state index contributed by atoms with van der Waals surface area (Å²) in [5, 5.41) is 3.13. The number of hydrogen-bond donors (Lipinski definition) is 0. The lowest BCUT2D eigenvalue weighted by atomic mass is 10.2.